The van der Waals surface area contributed by atoms with Crippen LogP contribution in [0.2, 0.25) is 0 Å². The summed E-state index contributed by atoms with van der Waals surface area (Å²) in [6.45, 7) is 2.52. The Labute approximate surface area is 95.5 Å². The SMILES string of the molecule is CN1CCCC(CO)(Cc2cccs2)C1. The average molecular weight is 225 g/mol. The number of likely N-dealkylation sites (tertiary alicyclic amines) is 1. The number of aliphatic hydroxyl groups excluding tert-OH is 1. The van der Waals surface area contributed by atoms with Crippen LogP contribution in [-0.4, -0.2) is 36.8 Å². The minimum Gasteiger partial charge on any atom is -0.396 e. The lowest BCUT2D eigenvalue weighted by Crippen LogP contribution is -2.44. The van der Waals surface area contributed by atoms with Gasteiger partial charge >= 0.3 is 0 Å². The van der Waals surface area contributed by atoms with E-state index in [1.54, 1.807) is 11.3 Å². The van der Waals surface area contributed by atoms with Crippen LogP contribution in [0.25, 0.3) is 0 Å². The lowest BCUT2D eigenvalue weighted by molar-refractivity contribution is 0.0445. The summed E-state index contributed by atoms with van der Waals surface area (Å²) in [5, 5.41) is 11.8. The van der Waals surface area contributed by atoms with E-state index in [4.69, 9.17) is 0 Å². The summed E-state index contributed by atoms with van der Waals surface area (Å²) in [4.78, 5) is 3.74. The van der Waals surface area contributed by atoms with Gasteiger partial charge in [-0.2, -0.15) is 0 Å². The minimum absolute atomic E-state index is 0.109. The molecule has 0 bridgehead atoms. The van der Waals surface area contributed by atoms with Gasteiger partial charge in [-0.3, -0.25) is 0 Å². The molecular formula is C12H19NOS. The number of thiophene rings is 1. The monoisotopic (exact) mass is 225 g/mol. The molecule has 1 aromatic heterocycles. The van der Waals surface area contributed by atoms with Crippen molar-refractivity contribution in [3.63, 3.8) is 0 Å². The van der Waals surface area contributed by atoms with Crippen LogP contribution in [-0.2, 0) is 6.42 Å². The van der Waals surface area contributed by atoms with E-state index in [9.17, 15) is 5.11 Å². The second-order valence-corrected chi connectivity index (χ2v) is 5.79. The van der Waals surface area contributed by atoms with Gasteiger partial charge < -0.3 is 10.0 Å². The third-order valence-electron chi connectivity index (χ3n) is 3.32. The van der Waals surface area contributed by atoms with Crippen LogP contribution < -0.4 is 0 Å². The Morgan fingerprint density at radius 3 is 3.07 bits per heavy atom. The molecule has 1 unspecified atom stereocenters. The van der Waals surface area contributed by atoms with Gasteiger partial charge in [-0.1, -0.05) is 6.07 Å². The van der Waals surface area contributed by atoms with Crippen molar-refractivity contribution in [1.29, 1.82) is 0 Å². The molecule has 3 heteroatoms. The molecule has 0 saturated carbocycles. The summed E-state index contributed by atoms with van der Waals surface area (Å²) in [5.41, 5.74) is 0.109. The molecular weight excluding hydrogens is 206 g/mol. The van der Waals surface area contributed by atoms with Crippen LogP contribution in [0.4, 0.5) is 0 Å². The molecule has 1 aliphatic rings. The maximum atomic E-state index is 9.64. The van der Waals surface area contributed by atoms with Crippen molar-refractivity contribution in [1.82, 2.24) is 4.90 Å². The fourth-order valence-electron chi connectivity index (χ4n) is 2.57. The Morgan fingerprint density at radius 2 is 2.47 bits per heavy atom. The van der Waals surface area contributed by atoms with Crippen LogP contribution >= 0.6 is 11.3 Å². The van der Waals surface area contributed by atoms with E-state index in [0.717, 1.165) is 19.4 Å². The van der Waals surface area contributed by atoms with Crippen molar-refractivity contribution < 1.29 is 5.11 Å². The van der Waals surface area contributed by atoms with Gasteiger partial charge in [0.2, 0.25) is 0 Å². The van der Waals surface area contributed by atoms with Crippen molar-refractivity contribution in [2.24, 2.45) is 5.41 Å². The number of piperidine rings is 1. The molecule has 0 aliphatic carbocycles. The van der Waals surface area contributed by atoms with E-state index in [2.05, 4.69) is 29.5 Å². The Hall–Kier alpha value is -0.380. The summed E-state index contributed by atoms with van der Waals surface area (Å²) in [7, 11) is 2.15. The van der Waals surface area contributed by atoms with Gasteiger partial charge in [0.05, 0.1) is 6.61 Å². The highest BCUT2D eigenvalue weighted by Crippen LogP contribution is 2.33. The Morgan fingerprint density at radius 1 is 1.60 bits per heavy atom. The summed E-state index contributed by atoms with van der Waals surface area (Å²) in [6, 6.07) is 4.27. The number of nitrogens with zero attached hydrogens (tertiary/aromatic N) is 1. The van der Waals surface area contributed by atoms with E-state index in [1.807, 2.05) is 0 Å². The lowest BCUT2D eigenvalue weighted by atomic mass is 9.77. The molecule has 2 heterocycles. The van der Waals surface area contributed by atoms with Gasteiger partial charge in [-0.05, 0) is 44.3 Å². The standard InChI is InChI=1S/C12H19NOS/c1-13-6-3-5-12(9-13,10-14)8-11-4-2-7-15-11/h2,4,7,14H,3,5-6,8-10H2,1H3. The van der Waals surface area contributed by atoms with Crippen LogP contribution in [0.1, 0.15) is 17.7 Å². The number of hydrogen-bond acceptors (Lipinski definition) is 3. The maximum absolute atomic E-state index is 9.64. The third-order valence-corrected chi connectivity index (χ3v) is 4.19. The first-order valence-corrected chi connectivity index (χ1v) is 6.44. The first kappa shape index (κ1) is 11.1. The largest absolute Gasteiger partial charge is 0.396 e. The van der Waals surface area contributed by atoms with Crippen LogP contribution in [0.3, 0.4) is 0 Å². The van der Waals surface area contributed by atoms with Crippen molar-refractivity contribution in [3.8, 4) is 0 Å². The number of rotatable bonds is 3. The van der Waals surface area contributed by atoms with Gasteiger partial charge in [0.25, 0.3) is 0 Å². The Kier molecular flexibility index (Phi) is 3.44. The van der Waals surface area contributed by atoms with E-state index in [1.165, 1.54) is 17.8 Å². The fourth-order valence-corrected chi connectivity index (χ4v) is 3.45. The van der Waals surface area contributed by atoms with Crippen molar-refractivity contribution in [2.45, 2.75) is 19.3 Å². The first-order chi connectivity index (χ1) is 7.24. The molecule has 1 fully saturated rings. The second-order valence-electron chi connectivity index (χ2n) is 4.76. The predicted molar refractivity (Wildman–Crippen MR) is 64.3 cm³/mol. The molecule has 0 amide bonds. The summed E-state index contributed by atoms with van der Waals surface area (Å²) in [5.74, 6) is 0. The van der Waals surface area contributed by atoms with Crippen LogP contribution in [0, 0.1) is 5.41 Å². The van der Waals surface area contributed by atoms with E-state index in [0.29, 0.717) is 6.61 Å². The van der Waals surface area contributed by atoms with Gasteiger partial charge in [0.15, 0.2) is 0 Å². The quantitative estimate of drug-likeness (QED) is 0.850. The molecule has 0 radical (unpaired) electrons. The van der Waals surface area contributed by atoms with E-state index < -0.39 is 0 Å². The highest BCUT2D eigenvalue weighted by Gasteiger charge is 2.34. The molecule has 0 spiro atoms. The van der Waals surface area contributed by atoms with Crippen molar-refractivity contribution in [2.75, 3.05) is 26.7 Å². The zero-order valence-corrected chi connectivity index (χ0v) is 10.1. The number of hydrogen-bond donors (Lipinski definition) is 1. The lowest BCUT2D eigenvalue weighted by Gasteiger charge is -2.40. The average Bonchev–Trinajstić information content (AvgIpc) is 2.70. The zero-order valence-electron chi connectivity index (χ0n) is 9.28. The molecule has 2 rings (SSSR count). The molecule has 2 nitrogen and oxygen atoms in total. The zero-order chi connectivity index (χ0) is 10.7. The second kappa shape index (κ2) is 4.64. The summed E-state index contributed by atoms with van der Waals surface area (Å²) >= 11 is 1.80. The molecule has 1 aliphatic heterocycles. The Balaban J connectivity index is 2.07. The molecule has 1 N–H and O–H groups in total. The van der Waals surface area contributed by atoms with Crippen molar-refractivity contribution >= 4 is 11.3 Å². The smallest absolute Gasteiger partial charge is 0.0503 e. The van der Waals surface area contributed by atoms with Gasteiger partial charge in [0.1, 0.15) is 0 Å². The summed E-state index contributed by atoms with van der Waals surface area (Å²) in [6.07, 6.45) is 3.40. The van der Waals surface area contributed by atoms with Gasteiger partial charge in [0, 0.05) is 16.8 Å². The van der Waals surface area contributed by atoms with Crippen molar-refractivity contribution in [3.05, 3.63) is 22.4 Å². The first-order valence-electron chi connectivity index (χ1n) is 5.56. The maximum Gasteiger partial charge on any atom is 0.0503 e. The molecule has 84 valence electrons. The topological polar surface area (TPSA) is 23.5 Å². The molecule has 1 aromatic rings. The van der Waals surface area contributed by atoms with Gasteiger partial charge in [-0.25, -0.2) is 0 Å². The fraction of sp³-hybridized carbons (Fsp3) is 0.667. The van der Waals surface area contributed by atoms with Gasteiger partial charge in [-0.15, -0.1) is 11.3 Å². The highest BCUT2D eigenvalue weighted by atomic mass is 32.1. The highest BCUT2D eigenvalue weighted by molar-refractivity contribution is 7.09. The molecule has 1 saturated heterocycles. The molecule has 1 atom stereocenters. The predicted octanol–water partition coefficient (Wildman–Crippen LogP) is 1.99. The Bertz CT molecular complexity index is 299. The third kappa shape index (κ3) is 2.60. The summed E-state index contributed by atoms with van der Waals surface area (Å²) < 4.78 is 0. The molecule has 15 heavy (non-hydrogen) atoms. The number of aliphatic hydroxyl groups is 1. The van der Waals surface area contributed by atoms with E-state index in [-0.39, 0.29) is 5.41 Å². The minimum atomic E-state index is 0.109. The van der Waals surface area contributed by atoms with Crippen LogP contribution in [0.5, 0.6) is 0 Å². The normalized spacial score (nSPS) is 28.1. The van der Waals surface area contributed by atoms with E-state index >= 15 is 0 Å². The molecule has 0 aromatic carbocycles. The van der Waals surface area contributed by atoms with Crippen LogP contribution in [0.15, 0.2) is 17.5 Å².